The normalized spacial score (nSPS) is 13.2. The summed E-state index contributed by atoms with van der Waals surface area (Å²) in [7, 11) is 0. The third-order valence-electron chi connectivity index (χ3n) is 2.27. The molecule has 0 aliphatic heterocycles. The first kappa shape index (κ1) is 13.4. The molecule has 0 aromatic carbocycles. The summed E-state index contributed by atoms with van der Waals surface area (Å²) < 4.78 is 0. The van der Waals surface area contributed by atoms with Gasteiger partial charge >= 0.3 is 0 Å². The molecule has 0 aliphatic rings. The summed E-state index contributed by atoms with van der Waals surface area (Å²) in [6, 6.07) is 1.81. The van der Waals surface area contributed by atoms with Gasteiger partial charge in [-0.25, -0.2) is 0 Å². The maximum absolute atomic E-state index is 9.02. The fourth-order valence-corrected chi connectivity index (χ4v) is 1.37. The van der Waals surface area contributed by atoms with Gasteiger partial charge in [0.2, 0.25) is 0 Å². The average molecular weight is 198 g/mol. The molecule has 0 spiro atoms. The Kier molecular flexibility index (Phi) is 7.45. The molecule has 0 amide bonds. The van der Waals surface area contributed by atoms with Gasteiger partial charge in [0.1, 0.15) is 6.04 Å². The molecule has 0 radical (unpaired) electrons. The van der Waals surface area contributed by atoms with Crippen LogP contribution in [0.4, 0.5) is 0 Å². The Bertz CT molecular complexity index is 175. The first-order valence-corrected chi connectivity index (χ1v) is 5.40. The van der Waals surface area contributed by atoms with Crippen molar-refractivity contribution in [2.24, 2.45) is 5.92 Å². The van der Waals surface area contributed by atoms with Crippen LogP contribution < -0.4 is 0 Å². The highest BCUT2D eigenvalue weighted by Gasteiger charge is 2.15. The molecule has 0 bridgehead atoms. The van der Waals surface area contributed by atoms with Crippen molar-refractivity contribution in [2.45, 2.75) is 39.7 Å². The number of nitriles is 1. The van der Waals surface area contributed by atoms with Crippen molar-refractivity contribution in [3.05, 3.63) is 0 Å². The molecule has 0 saturated carbocycles. The van der Waals surface area contributed by atoms with E-state index < -0.39 is 0 Å². The molecule has 1 atom stereocenters. The van der Waals surface area contributed by atoms with Crippen LogP contribution in [0.2, 0.25) is 0 Å². The van der Waals surface area contributed by atoms with Crippen molar-refractivity contribution in [3.63, 3.8) is 0 Å². The lowest BCUT2D eigenvalue weighted by Gasteiger charge is -2.25. The molecule has 14 heavy (non-hydrogen) atoms. The van der Waals surface area contributed by atoms with Gasteiger partial charge < -0.3 is 5.11 Å². The SMILES string of the molecule is CCCN(CCC(C)C)[C@@H](C#N)CO. The lowest BCUT2D eigenvalue weighted by atomic mass is 10.1. The van der Waals surface area contributed by atoms with Crippen LogP contribution in [0.25, 0.3) is 0 Å². The molecule has 0 aromatic heterocycles. The molecule has 0 unspecified atom stereocenters. The summed E-state index contributed by atoms with van der Waals surface area (Å²) in [5.41, 5.74) is 0. The number of hydrogen-bond donors (Lipinski definition) is 1. The zero-order valence-electron chi connectivity index (χ0n) is 9.53. The van der Waals surface area contributed by atoms with Crippen LogP contribution in [0.3, 0.4) is 0 Å². The quantitative estimate of drug-likeness (QED) is 0.676. The second kappa shape index (κ2) is 7.78. The Balaban J connectivity index is 4.06. The molecule has 82 valence electrons. The van der Waals surface area contributed by atoms with E-state index in [1.165, 1.54) is 0 Å². The highest BCUT2D eigenvalue weighted by Crippen LogP contribution is 2.06. The van der Waals surface area contributed by atoms with E-state index in [2.05, 4.69) is 31.7 Å². The topological polar surface area (TPSA) is 47.3 Å². The highest BCUT2D eigenvalue weighted by atomic mass is 16.3. The summed E-state index contributed by atoms with van der Waals surface area (Å²) in [5, 5.41) is 17.9. The van der Waals surface area contributed by atoms with Crippen LogP contribution in [0.5, 0.6) is 0 Å². The highest BCUT2D eigenvalue weighted by molar-refractivity contribution is 4.91. The van der Waals surface area contributed by atoms with Crippen LogP contribution in [-0.4, -0.2) is 35.7 Å². The second-order valence-corrected chi connectivity index (χ2v) is 4.05. The van der Waals surface area contributed by atoms with E-state index in [1.54, 1.807) is 0 Å². The number of aliphatic hydroxyl groups excluding tert-OH is 1. The summed E-state index contributed by atoms with van der Waals surface area (Å²) in [5.74, 6) is 0.646. The molecule has 0 saturated heterocycles. The molecule has 0 aliphatic carbocycles. The van der Waals surface area contributed by atoms with Gasteiger partial charge in [-0.05, 0) is 31.8 Å². The van der Waals surface area contributed by atoms with Crippen LogP contribution in [-0.2, 0) is 0 Å². The van der Waals surface area contributed by atoms with E-state index in [9.17, 15) is 0 Å². The number of rotatable bonds is 7. The lowest BCUT2D eigenvalue weighted by Crippen LogP contribution is -2.38. The molecule has 3 nitrogen and oxygen atoms in total. The molecular formula is C11H22N2O. The number of hydrogen-bond acceptors (Lipinski definition) is 3. The number of nitrogens with zero attached hydrogens (tertiary/aromatic N) is 2. The van der Waals surface area contributed by atoms with Crippen LogP contribution in [0, 0.1) is 17.2 Å². The van der Waals surface area contributed by atoms with E-state index in [-0.39, 0.29) is 12.6 Å². The maximum Gasteiger partial charge on any atom is 0.121 e. The van der Waals surface area contributed by atoms with Gasteiger partial charge in [0.25, 0.3) is 0 Å². The Morgan fingerprint density at radius 2 is 2.00 bits per heavy atom. The number of aliphatic hydroxyl groups is 1. The Morgan fingerprint density at radius 1 is 1.36 bits per heavy atom. The smallest absolute Gasteiger partial charge is 0.121 e. The van der Waals surface area contributed by atoms with Crippen LogP contribution >= 0.6 is 0 Å². The summed E-state index contributed by atoms with van der Waals surface area (Å²) in [6.07, 6.45) is 2.11. The minimum atomic E-state index is -0.325. The zero-order valence-corrected chi connectivity index (χ0v) is 9.53. The molecular weight excluding hydrogens is 176 g/mol. The van der Waals surface area contributed by atoms with Gasteiger partial charge in [0, 0.05) is 0 Å². The fraction of sp³-hybridized carbons (Fsp3) is 0.909. The fourth-order valence-electron chi connectivity index (χ4n) is 1.37. The van der Waals surface area contributed by atoms with Crippen molar-refractivity contribution < 1.29 is 5.11 Å². The largest absolute Gasteiger partial charge is 0.394 e. The van der Waals surface area contributed by atoms with Gasteiger partial charge in [-0.2, -0.15) is 5.26 Å². The predicted molar refractivity (Wildman–Crippen MR) is 57.8 cm³/mol. The minimum absolute atomic E-state index is 0.0609. The first-order chi connectivity index (χ1) is 6.65. The van der Waals surface area contributed by atoms with E-state index in [0.717, 1.165) is 25.9 Å². The summed E-state index contributed by atoms with van der Waals surface area (Å²) in [4.78, 5) is 2.07. The van der Waals surface area contributed by atoms with Crippen molar-refractivity contribution in [2.75, 3.05) is 19.7 Å². The van der Waals surface area contributed by atoms with Crippen LogP contribution in [0.1, 0.15) is 33.6 Å². The summed E-state index contributed by atoms with van der Waals surface area (Å²) in [6.45, 7) is 8.17. The molecule has 3 heteroatoms. The van der Waals surface area contributed by atoms with E-state index >= 15 is 0 Å². The Hall–Kier alpha value is -0.590. The van der Waals surface area contributed by atoms with Crippen molar-refractivity contribution in [1.82, 2.24) is 4.90 Å². The molecule has 0 heterocycles. The van der Waals surface area contributed by atoms with E-state index in [1.807, 2.05) is 0 Å². The van der Waals surface area contributed by atoms with Gasteiger partial charge in [-0.1, -0.05) is 20.8 Å². The minimum Gasteiger partial charge on any atom is -0.394 e. The van der Waals surface area contributed by atoms with Crippen molar-refractivity contribution in [1.29, 1.82) is 5.26 Å². The lowest BCUT2D eigenvalue weighted by molar-refractivity contribution is 0.150. The second-order valence-electron chi connectivity index (χ2n) is 4.05. The standard InChI is InChI=1S/C11H22N2O/c1-4-6-13(7-5-10(2)3)11(8-12)9-14/h10-11,14H,4-7,9H2,1-3H3/t11-/m0/s1. The van der Waals surface area contributed by atoms with E-state index in [0.29, 0.717) is 5.92 Å². The monoisotopic (exact) mass is 198 g/mol. The summed E-state index contributed by atoms with van der Waals surface area (Å²) >= 11 is 0. The van der Waals surface area contributed by atoms with Crippen molar-refractivity contribution >= 4 is 0 Å². The van der Waals surface area contributed by atoms with E-state index in [4.69, 9.17) is 10.4 Å². The van der Waals surface area contributed by atoms with Crippen LogP contribution in [0.15, 0.2) is 0 Å². The molecule has 0 fully saturated rings. The first-order valence-electron chi connectivity index (χ1n) is 5.40. The van der Waals surface area contributed by atoms with Gasteiger partial charge in [-0.15, -0.1) is 0 Å². The molecule has 0 rings (SSSR count). The average Bonchev–Trinajstić information content (AvgIpc) is 2.15. The zero-order chi connectivity index (χ0) is 11.0. The van der Waals surface area contributed by atoms with Crippen molar-refractivity contribution in [3.8, 4) is 6.07 Å². The third kappa shape index (κ3) is 5.21. The Labute approximate surface area is 87.3 Å². The molecule has 0 aromatic rings. The van der Waals surface area contributed by atoms with Gasteiger partial charge in [-0.3, -0.25) is 4.90 Å². The molecule has 1 N–H and O–H groups in total. The van der Waals surface area contributed by atoms with Gasteiger partial charge in [0.05, 0.1) is 12.7 Å². The maximum atomic E-state index is 9.02. The predicted octanol–water partition coefficient (Wildman–Crippen LogP) is 1.63. The van der Waals surface area contributed by atoms with Gasteiger partial charge in [0.15, 0.2) is 0 Å². The Morgan fingerprint density at radius 3 is 2.36 bits per heavy atom. The third-order valence-corrected chi connectivity index (χ3v) is 2.27.